The number of rotatable bonds is 7. The van der Waals surface area contributed by atoms with Gasteiger partial charge in [0.1, 0.15) is 0 Å². The van der Waals surface area contributed by atoms with Gasteiger partial charge in [-0.15, -0.1) is 0 Å². The number of likely N-dealkylation sites (tertiary alicyclic amines) is 1. The Morgan fingerprint density at radius 3 is 1.96 bits per heavy atom. The summed E-state index contributed by atoms with van der Waals surface area (Å²) < 4.78 is 5.66. The van der Waals surface area contributed by atoms with Gasteiger partial charge in [-0.05, 0) is 109 Å². The molecule has 4 heterocycles. The highest BCUT2D eigenvalue weighted by atomic mass is 16.5. The Morgan fingerprint density at radius 2 is 1.36 bits per heavy atom. The minimum atomic E-state index is -0.370. The Labute approximate surface area is 277 Å². The highest BCUT2D eigenvalue weighted by Gasteiger charge is 2.32. The maximum atomic E-state index is 13.0. The number of ether oxygens (including phenoxy) is 1. The van der Waals surface area contributed by atoms with Crippen LogP contribution in [0, 0.1) is 0 Å². The van der Waals surface area contributed by atoms with Gasteiger partial charge in [-0.2, -0.15) is 15.0 Å². The summed E-state index contributed by atoms with van der Waals surface area (Å²) in [6.07, 6.45) is 4.16. The van der Waals surface area contributed by atoms with Crippen LogP contribution in [0.2, 0.25) is 0 Å². The molecule has 3 amide bonds. The second kappa shape index (κ2) is 14.2. The Morgan fingerprint density at radius 1 is 0.766 bits per heavy atom. The first-order valence-corrected chi connectivity index (χ1v) is 16.8. The first-order valence-electron chi connectivity index (χ1n) is 16.8. The van der Waals surface area contributed by atoms with E-state index in [9.17, 15) is 9.59 Å². The lowest BCUT2D eigenvalue weighted by molar-refractivity contribution is 0.0663. The molecule has 2 aromatic carbocycles. The van der Waals surface area contributed by atoms with E-state index >= 15 is 0 Å². The summed E-state index contributed by atoms with van der Waals surface area (Å²) in [6.45, 7) is 10.1. The van der Waals surface area contributed by atoms with Crippen molar-refractivity contribution in [3.63, 3.8) is 0 Å². The molecule has 0 unspecified atom stereocenters. The van der Waals surface area contributed by atoms with Crippen molar-refractivity contribution in [2.75, 3.05) is 67.4 Å². The molecule has 3 aromatic rings. The fraction of sp³-hybridized carbons (Fsp3) is 0.514. The molecule has 3 fully saturated rings. The molecular formula is C35H47N9O3. The molecule has 3 aliphatic rings. The van der Waals surface area contributed by atoms with Gasteiger partial charge < -0.3 is 35.0 Å². The maximum absolute atomic E-state index is 13.0. The number of nitrogens with one attached hydrogen (secondary N) is 2. The van der Waals surface area contributed by atoms with Gasteiger partial charge in [-0.1, -0.05) is 0 Å². The third-order valence-electron chi connectivity index (χ3n) is 9.69. The Bertz CT molecular complexity index is 1530. The van der Waals surface area contributed by atoms with Crippen LogP contribution in [0.15, 0.2) is 48.5 Å². The first kappa shape index (κ1) is 32.6. The average Bonchev–Trinajstić information content (AvgIpc) is 3.42. The summed E-state index contributed by atoms with van der Waals surface area (Å²) in [4.78, 5) is 49.2. The number of hydrogen-bond acceptors (Lipinski definition) is 9. The highest BCUT2D eigenvalue weighted by Crippen LogP contribution is 2.31. The van der Waals surface area contributed by atoms with Gasteiger partial charge >= 0.3 is 6.03 Å². The van der Waals surface area contributed by atoms with Gasteiger partial charge in [-0.25, -0.2) is 4.79 Å². The van der Waals surface area contributed by atoms with Crippen LogP contribution in [0.25, 0.3) is 11.4 Å². The summed E-state index contributed by atoms with van der Waals surface area (Å²) >= 11 is 0. The van der Waals surface area contributed by atoms with E-state index in [2.05, 4.69) is 60.2 Å². The Hall–Kier alpha value is -4.29. The molecule has 0 spiro atoms. The minimum Gasteiger partial charge on any atom is -0.377 e. The number of anilines is 4. The Kier molecular flexibility index (Phi) is 9.88. The molecule has 2 N–H and O–H groups in total. The van der Waals surface area contributed by atoms with Crippen LogP contribution >= 0.6 is 0 Å². The summed E-state index contributed by atoms with van der Waals surface area (Å²) in [5.74, 6) is 1.99. The fourth-order valence-corrected chi connectivity index (χ4v) is 6.80. The van der Waals surface area contributed by atoms with Gasteiger partial charge in [0.05, 0.1) is 19.3 Å². The van der Waals surface area contributed by atoms with Crippen LogP contribution in [-0.2, 0) is 4.74 Å². The van der Waals surface area contributed by atoms with Crippen molar-refractivity contribution in [3.8, 4) is 11.4 Å². The number of carbonyl (C=O) groups is 2. The maximum Gasteiger partial charge on any atom is 0.323 e. The predicted octanol–water partition coefficient (Wildman–Crippen LogP) is 4.95. The molecule has 12 heteroatoms. The minimum absolute atomic E-state index is 0.0274. The van der Waals surface area contributed by atoms with E-state index < -0.39 is 0 Å². The number of carbonyl (C=O) groups excluding carboxylic acids is 2. The SMILES string of the molecule is C[C@@H]1COCCN1c1nc(-c2ccc(NC(=O)Nc3ccc(C(=O)N4CCC(N(C)C)CC4)cc3)cc2)nc(N2[C@H](C)CC[C@@H]2C)n1. The standard InChI is InChI=1S/C35H47N9O3/c1-23-6-7-24(2)44(23)34-39-31(38-33(40-34)43-20-21-47-22-25(43)3)26-8-12-28(13-9-26)36-35(46)37-29-14-10-27(11-15-29)32(45)42-18-16-30(17-19-42)41(4)5/h8-15,23-25,30H,6-7,16-22H2,1-5H3,(H2,36,37,46)/t23-,24+,25-/m1/s1. The monoisotopic (exact) mass is 641 g/mol. The van der Waals surface area contributed by atoms with E-state index in [0.717, 1.165) is 50.9 Å². The summed E-state index contributed by atoms with van der Waals surface area (Å²) in [5, 5.41) is 5.76. The van der Waals surface area contributed by atoms with Crippen LogP contribution in [0.4, 0.5) is 28.1 Å². The third kappa shape index (κ3) is 7.49. The van der Waals surface area contributed by atoms with E-state index in [1.54, 1.807) is 24.3 Å². The second-order valence-electron chi connectivity index (χ2n) is 13.3. The van der Waals surface area contributed by atoms with Gasteiger partial charge in [0.15, 0.2) is 5.82 Å². The molecule has 1 aromatic heterocycles. The summed E-state index contributed by atoms with van der Waals surface area (Å²) in [6, 6.07) is 15.6. The van der Waals surface area contributed by atoms with Crippen LogP contribution in [0.3, 0.4) is 0 Å². The number of benzene rings is 2. The predicted molar refractivity (Wildman–Crippen MR) is 185 cm³/mol. The average molecular weight is 642 g/mol. The van der Waals surface area contributed by atoms with E-state index in [4.69, 9.17) is 19.7 Å². The number of morpholine rings is 1. The molecule has 6 rings (SSSR count). The Balaban J connectivity index is 1.11. The van der Waals surface area contributed by atoms with Crippen LogP contribution in [0.5, 0.6) is 0 Å². The highest BCUT2D eigenvalue weighted by molar-refractivity contribution is 6.00. The van der Waals surface area contributed by atoms with Crippen LogP contribution in [-0.4, -0.2) is 108 Å². The lowest BCUT2D eigenvalue weighted by atomic mass is 10.0. The zero-order valence-corrected chi connectivity index (χ0v) is 28.1. The van der Waals surface area contributed by atoms with Gasteiger partial charge in [0, 0.05) is 60.3 Å². The molecule has 0 aliphatic carbocycles. The summed E-state index contributed by atoms with van der Waals surface area (Å²) in [7, 11) is 4.17. The molecule has 3 aliphatic heterocycles. The first-order chi connectivity index (χ1) is 22.7. The van der Waals surface area contributed by atoms with Gasteiger partial charge in [0.25, 0.3) is 5.91 Å². The van der Waals surface area contributed by atoms with Crippen molar-refractivity contribution in [2.24, 2.45) is 0 Å². The van der Waals surface area contributed by atoms with Crippen molar-refractivity contribution in [2.45, 2.75) is 70.6 Å². The zero-order valence-electron chi connectivity index (χ0n) is 28.1. The van der Waals surface area contributed by atoms with Crippen molar-refractivity contribution in [3.05, 3.63) is 54.1 Å². The number of nitrogens with zero attached hydrogens (tertiary/aromatic N) is 7. The van der Waals surface area contributed by atoms with Gasteiger partial charge in [0.2, 0.25) is 11.9 Å². The zero-order chi connectivity index (χ0) is 33.1. The number of aromatic nitrogens is 3. The quantitative estimate of drug-likeness (QED) is 0.369. The topological polar surface area (TPSA) is 119 Å². The molecule has 250 valence electrons. The van der Waals surface area contributed by atoms with E-state index in [-0.39, 0.29) is 18.0 Å². The van der Waals surface area contributed by atoms with E-state index in [0.29, 0.717) is 66.0 Å². The lowest BCUT2D eigenvalue weighted by Crippen LogP contribution is -2.45. The molecule has 47 heavy (non-hydrogen) atoms. The largest absolute Gasteiger partial charge is 0.377 e. The number of urea groups is 1. The number of hydrogen-bond donors (Lipinski definition) is 2. The fourth-order valence-electron chi connectivity index (χ4n) is 6.80. The van der Waals surface area contributed by atoms with Crippen molar-refractivity contribution in [1.29, 1.82) is 0 Å². The van der Waals surface area contributed by atoms with E-state index in [1.165, 1.54) is 0 Å². The molecule has 0 radical (unpaired) electrons. The molecule has 12 nitrogen and oxygen atoms in total. The van der Waals surface area contributed by atoms with Crippen molar-refractivity contribution < 1.29 is 14.3 Å². The molecule has 3 saturated heterocycles. The molecule has 0 bridgehead atoms. The lowest BCUT2D eigenvalue weighted by Gasteiger charge is -2.35. The van der Waals surface area contributed by atoms with Gasteiger partial charge in [-0.3, -0.25) is 4.79 Å². The van der Waals surface area contributed by atoms with Crippen LogP contribution in [0.1, 0.15) is 56.8 Å². The number of piperidine rings is 1. The van der Waals surface area contributed by atoms with Crippen molar-refractivity contribution in [1.82, 2.24) is 24.8 Å². The van der Waals surface area contributed by atoms with E-state index in [1.807, 2.05) is 29.2 Å². The third-order valence-corrected chi connectivity index (χ3v) is 9.69. The number of amides is 3. The molecule has 3 atom stereocenters. The second-order valence-corrected chi connectivity index (χ2v) is 13.3. The van der Waals surface area contributed by atoms with Crippen LogP contribution < -0.4 is 20.4 Å². The smallest absolute Gasteiger partial charge is 0.323 e. The molecular weight excluding hydrogens is 594 g/mol. The summed E-state index contributed by atoms with van der Waals surface area (Å²) in [5.41, 5.74) is 2.70. The van der Waals surface area contributed by atoms with Crippen molar-refractivity contribution >= 4 is 35.2 Å². The molecule has 0 saturated carbocycles. The normalized spacial score (nSPS) is 22.1.